The SMILES string of the molecule is COC(=O)[C@@](CCc1ccccc1)(C[C@H]1CCC[C@H](O)C1)NC(=O)OCc1ccccc1. The number of rotatable bonds is 9. The fraction of sp³-hybridized carbons (Fsp3) is 0.462. The van der Waals surface area contributed by atoms with Crippen LogP contribution in [0.4, 0.5) is 4.79 Å². The van der Waals surface area contributed by atoms with Crippen LogP contribution in [-0.2, 0) is 27.3 Å². The second kappa shape index (κ2) is 11.7. The largest absolute Gasteiger partial charge is 0.467 e. The summed E-state index contributed by atoms with van der Waals surface area (Å²) in [4.78, 5) is 25.8. The number of carbonyl (C=O) groups excluding carboxylic acids is 2. The van der Waals surface area contributed by atoms with Gasteiger partial charge in [-0.15, -0.1) is 0 Å². The highest BCUT2D eigenvalue weighted by Crippen LogP contribution is 2.34. The lowest BCUT2D eigenvalue weighted by Gasteiger charge is -2.37. The number of esters is 1. The van der Waals surface area contributed by atoms with Crippen LogP contribution < -0.4 is 5.32 Å². The van der Waals surface area contributed by atoms with E-state index in [1.165, 1.54) is 7.11 Å². The van der Waals surface area contributed by atoms with Crippen molar-refractivity contribution in [3.05, 3.63) is 71.8 Å². The van der Waals surface area contributed by atoms with Crippen molar-refractivity contribution in [1.29, 1.82) is 0 Å². The Kier molecular flexibility index (Phi) is 8.68. The number of aryl methyl sites for hydroxylation is 1. The molecule has 1 saturated carbocycles. The number of carbonyl (C=O) groups is 2. The van der Waals surface area contributed by atoms with E-state index in [-0.39, 0.29) is 18.6 Å². The Bertz CT molecular complexity index is 857. The van der Waals surface area contributed by atoms with E-state index < -0.39 is 17.6 Å². The molecule has 3 atom stereocenters. The fourth-order valence-electron chi connectivity index (χ4n) is 4.55. The minimum absolute atomic E-state index is 0.114. The molecule has 0 saturated heterocycles. The van der Waals surface area contributed by atoms with Crippen molar-refractivity contribution in [3.63, 3.8) is 0 Å². The van der Waals surface area contributed by atoms with E-state index in [4.69, 9.17) is 9.47 Å². The predicted octanol–water partition coefficient (Wildman–Crippen LogP) is 4.40. The Balaban J connectivity index is 1.77. The van der Waals surface area contributed by atoms with Gasteiger partial charge in [-0.05, 0) is 49.1 Å². The average Bonchev–Trinajstić information content (AvgIpc) is 2.82. The van der Waals surface area contributed by atoms with Crippen molar-refractivity contribution in [2.75, 3.05) is 7.11 Å². The summed E-state index contributed by atoms with van der Waals surface area (Å²) in [5, 5.41) is 13.0. The molecule has 1 aliphatic rings. The second-order valence-corrected chi connectivity index (χ2v) is 8.64. The minimum Gasteiger partial charge on any atom is -0.467 e. The van der Waals surface area contributed by atoms with Gasteiger partial charge >= 0.3 is 12.1 Å². The highest BCUT2D eigenvalue weighted by molar-refractivity contribution is 5.85. The van der Waals surface area contributed by atoms with Gasteiger partial charge < -0.3 is 19.9 Å². The molecule has 172 valence electrons. The molecule has 2 N–H and O–H groups in total. The van der Waals surface area contributed by atoms with Gasteiger partial charge in [-0.1, -0.05) is 73.5 Å². The third kappa shape index (κ3) is 6.82. The van der Waals surface area contributed by atoms with E-state index in [0.717, 1.165) is 30.4 Å². The van der Waals surface area contributed by atoms with Crippen LogP contribution >= 0.6 is 0 Å². The number of amides is 1. The Morgan fingerprint density at radius 2 is 1.69 bits per heavy atom. The molecule has 6 nitrogen and oxygen atoms in total. The zero-order valence-corrected chi connectivity index (χ0v) is 18.7. The summed E-state index contributed by atoms with van der Waals surface area (Å²) in [6, 6.07) is 19.3. The molecule has 0 radical (unpaired) electrons. The van der Waals surface area contributed by atoms with E-state index in [1.54, 1.807) is 0 Å². The third-order valence-electron chi connectivity index (χ3n) is 6.21. The summed E-state index contributed by atoms with van der Waals surface area (Å²) in [6.07, 6.45) is 3.57. The number of alkyl carbamates (subject to hydrolysis) is 1. The van der Waals surface area contributed by atoms with Gasteiger partial charge in [0, 0.05) is 0 Å². The average molecular weight is 440 g/mol. The second-order valence-electron chi connectivity index (χ2n) is 8.64. The Morgan fingerprint density at radius 3 is 2.31 bits per heavy atom. The summed E-state index contributed by atoms with van der Waals surface area (Å²) in [7, 11) is 1.34. The molecule has 0 aliphatic heterocycles. The topological polar surface area (TPSA) is 84.9 Å². The van der Waals surface area contributed by atoms with Gasteiger partial charge in [0.1, 0.15) is 12.1 Å². The molecule has 2 aromatic rings. The molecular weight excluding hydrogens is 406 g/mol. The number of ether oxygens (including phenoxy) is 2. The molecule has 1 amide bonds. The number of benzene rings is 2. The molecule has 6 heteroatoms. The van der Waals surface area contributed by atoms with Crippen LogP contribution in [0.1, 0.15) is 49.7 Å². The smallest absolute Gasteiger partial charge is 0.408 e. The first-order valence-electron chi connectivity index (χ1n) is 11.3. The zero-order valence-electron chi connectivity index (χ0n) is 18.7. The number of aliphatic hydroxyl groups excluding tert-OH is 1. The van der Waals surface area contributed by atoms with Crippen LogP contribution in [0.3, 0.4) is 0 Å². The van der Waals surface area contributed by atoms with E-state index in [0.29, 0.717) is 25.7 Å². The number of hydrogen-bond donors (Lipinski definition) is 2. The fourth-order valence-corrected chi connectivity index (χ4v) is 4.55. The van der Waals surface area contributed by atoms with Gasteiger partial charge in [0.25, 0.3) is 0 Å². The monoisotopic (exact) mass is 439 g/mol. The standard InChI is InChI=1S/C26H33NO5/c1-31-24(29)26(16-15-20-9-4-2-5-10-20,18-22-13-8-14-23(28)17-22)27-25(30)32-19-21-11-6-3-7-12-21/h2-7,9-12,22-23,28H,8,13-19H2,1H3,(H,27,30)/t22-,23-,26+/m0/s1. The molecular formula is C26H33NO5. The highest BCUT2D eigenvalue weighted by Gasteiger charge is 2.44. The van der Waals surface area contributed by atoms with Gasteiger partial charge in [-0.2, -0.15) is 0 Å². The van der Waals surface area contributed by atoms with Crippen LogP contribution in [-0.4, -0.2) is 35.9 Å². The lowest BCUT2D eigenvalue weighted by atomic mass is 9.76. The van der Waals surface area contributed by atoms with Crippen molar-refractivity contribution in [2.45, 2.75) is 63.2 Å². The van der Waals surface area contributed by atoms with Crippen molar-refractivity contribution < 1.29 is 24.2 Å². The molecule has 3 rings (SSSR count). The lowest BCUT2D eigenvalue weighted by molar-refractivity contribution is -0.150. The molecule has 0 unspecified atom stereocenters. The van der Waals surface area contributed by atoms with Crippen molar-refractivity contribution in [3.8, 4) is 0 Å². The molecule has 1 fully saturated rings. The number of hydrogen-bond acceptors (Lipinski definition) is 5. The van der Waals surface area contributed by atoms with Gasteiger partial charge in [0.2, 0.25) is 0 Å². The van der Waals surface area contributed by atoms with Crippen molar-refractivity contribution in [1.82, 2.24) is 5.32 Å². The molecule has 0 bridgehead atoms. The Hall–Kier alpha value is -2.86. The van der Waals surface area contributed by atoms with Crippen molar-refractivity contribution >= 4 is 12.1 Å². The van der Waals surface area contributed by atoms with E-state index in [1.807, 2.05) is 60.7 Å². The predicted molar refractivity (Wildman–Crippen MR) is 122 cm³/mol. The van der Waals surface area contributed by atoms with Crippen LogP contribution in [0.15, 0.2) is 60.7 Å². The maximum absolute atomic E-state index is 13.1. The first kappa shape index (κ1) is 23.8. The normalized spacial score (nSPS) is 20.1. The molecule has 1 aliphatic carbocycles. The van der Waals surface area contributed by atoms with E-state index >= 15 is 0 Å². The third-order valence-corrected chi connectivity index (χ3v) is 6.21. The number of methoxy groups -OCH3 is 1. The number of aliphatic hydroxyl groups is 1. The molecule has 0 spiro atoms. The van der Waals surface area contributed by atoms with Gasteiger partial charge in [0.15, 0.2) is 0 Å². The van der Waals surface area contributed by atoms with Crippen LogP contribution in [0.2, 0.25) is 0 Å². The maximum atomic E-state index is 13.1. The van der Waals surface area contributed by atoms with E-state index in [9.17, 15) is 14.7 Å². The molecule has 2 aromatic carbocycles. The van der Waals surface area contributed by atoms with Gasteiger partial charge in [-0.25, -0.2) is 9.59 Å². The maximum Gasteiger partial charge on any atom is 0.408 e. The van der Waals surface area contributed by atoms with Crippen molar-refractivity contribution in [2.24, 2.45) is 5.92 Å². The minimum atomic E-state index is -1.22. The van der Waals surface area contributed by atoms with Gasteiger partial charge in [-0.3, -0.25) is 0 Å². The van der Waals surface area contributed by atoms with Crippen LogP contribution in [0.25, 0.3) is 0 Å². The Labute approximate surface area is 189 Å². The lowest BCUT2D eigenvalue weighted by Crippen LogP contribution is -2.56. The zero-order chi connectivity index (χ0) is 22.8. The number of nitrogens with one attached hydrogen (secondary N) is 1. The van der Waals surface area contributed by atoms with E-state index in [2.05, 4.69) is 5.32 Å². The summed E-state index contributed by atoms with van der Waals surface area (Å²) in [5.74, 6) is -0.367. The molecule has 32 heavy (non-hydrogen) atoms. The summed E-state index contributed by atoms with van der Waals surface area (Å²) >= 11 is 0. The van der Waals surface area contributed by atoms with Crippen LogP contribution in [0.5, 0.6) is 0 Å². The molecule has 0 aromatic heterocycles. The van der Waals surface area contributed by atoms with Gasteiger partial charge in [0.05, 0.1) is 13.2 Å². The summed E-state index contributed by atoms with van der Waals surface area (Å²) in [5.41, 5.74) is 0.718. The highest BCUT2D eigenvalue weighted by atomic mass is 16.6. The Morgan fingerprint density at radius 1 is 1.03 bits per heavy atom. The summed E-state index contributed by atoms with van der Waals surface area (Å²) in [6.45, 7) is 0.116. The van der Waals surface area contributed by atoms with Crippen LogP contribution in [0, 0.1) is 5.92 Å². The summed E-state index contributed by atoms with van der Waals surface area (Å²) < 4.78 is 10.6. The first-order chi connectivity index (χ1) is 15.5. The first-order valence-corrected chi connectivity index (χ1v) is 11.3. The quantitative estimate of drug-likeness (QED) is 0.566. The molecule has 0 heterocycles.